The van der Waals surface area contributed by atoms with E-state index in [2.05, 4.69) is 115 Å². The van der Waals surface area contributed by atoms with E-state index >= 15 is 0 Å². The fourth-order valence-corrected chi connectivity index (χ4v) is 7.17. The molecule has 0 bridgehead atoms. The number of hydrogen-bond donors (Lipinski definition) is 0. The topological polar surface area (TPSA) is 52.1 Å². The first-order chi connectivity index (χ1) is 24.8. The van der Waals surface area contributed by atoms with Crippen LogP contribution in [0.15, 0.2) is 179 Å². The summed E-state index contributed by atoms with van der Waals surface area (Å²) in [4.78, 5) is 10.5. The van der Waals surface area contributed by atoms with Crippen molar-refractivity contribution in [2.24, 2.45) is 0 Å². The van der Waals surface area contributed by atoms with E-state index in [1.165, 1.54) is 0 Å². The first kappa shape index (κ1) is 28.3. The Morgan fingerprint density at radius 1 is 0.340 bits per heavy atom. The summed E-state index contributed by atoms with van der Waals surface area (Å²) in [6, 6.07) is 58.4. The zero-order valence-electron chi connectivity index (χ0n) is 26.9. The van der Waals surface area contributed by atoms with Crippen LogP contribution in [0.2, 0.25) is 0 Å². The summed E-state index contributed by atoms with van der Waals surface area (Å²) in [6.45, 7) is 0. The minimum atomic E-state index is 0.670. The molecule has 10 rings (SSSR count). The van der Waals surface area contributed by atoms with Crippen LogP contribution in [0.5, 0.6) is 0 Å². The van der Waals surface area contributed by atoms with Gasteiger partial charge in [-0.15, -0.1) is 0 Å². The van der Waals surface area contributed by atoms with Crippen LogP contribution < -0.4 is 0 Å². The van der Waals surface area contributed by atoms with Gasteiger partial charge in [0.2, 0.25) is 0 Å². The lowest BCUT2D eigenvalue weighted by Crippen LogP contribution is -1.98. The van der Waals surface area contributed by atoms with Gasteiger partial charge in [0, 0.05) is 43.8 Å². The maximum absolute atomic E-state index is 6.72. The third-order valence-corrected chi connectivity index (χ3v) is 9.54. The molecule has 0 atom stereocenters. The minimum absolute atomic E-state index is 0.670. The second kappa shape index (κ2) is 11.4. The minimum Gasteiger partial charge on any atom is -0.456 e. The molecule has 0 spiro atoms. The number of para-hydroxylation sites is 2. The van der Waals surface area contributed by atoms with E-state index in [-0.39, 0.29) is 0 Å². The van der Waals surface area contributed by atoms with Crippen molar-refractivity contribution in [1.29, 1.82) is 0 Å². The molecule has 0 amide bonds. The number of hydrogen-bond acceptors (Lipinski definition) is 4. The molecule has 50 heavy (non-hydrogen) atoms. The number of rotatable bonds is 5. The van der Waals surface area contributed by atoms with Crippen molar-refractivity contribution in [1.82, 2.24) is 9.97 Å². The lowest BCUT2D eigenvalue weighted by atomic mass is 9.95. The van der Waals surface area contributed by atoms with Crippen LogP contribution in [0.1, 0.15) is 0 Å². The summed E-state index contributed by atoms with van der Waals surface area (Å²) in [5.74, 6) is 0.670. The molecule has 3 aromatic heterocycles. The van der Waals surface area contributed by atoms with Gasteiger partial charge in [-0.05, 0) is 53.1 Å². The third kappa shape index (κ3) is 4.61. The molecule has 0 aliphatic heterocycles. The Morgan fingerprint density at radius 2 is 0.940 bits per heavy atom. The Balaban J connectivity index is 1.23. The smallest absolute Gasteiger partial charge is 0.161 e. The zero-order chi connectivity index (χ0) is 33.0. The summed E-state index contributed by atoms with van der Waals surface area (Å²) in [5, 5.41) is 4.24. The van der Waals surface area contributed by atoms with Crippen molar-refractivity contribution in [3.8, 4) is 56.2 Å². The van der Waals surface area contributed by atoms with Gasteiger partial charge in [-0.1, -0.05) is 133 Å². The molecule has 10 aromatic rings. The van der Waals surface area contributed by atoms with E-state index in [0.717, 1.165) is 94.2 Å². The van der Waals surface area contributed by atoms with Crippen molar-refractivity contribution in [3.05, 3.63) is 170 Å². The third-order valence-electron chi connectivity index (χ3n) is 9.54. The van der Waals surface area contributed by atoms with Gasteiger partial charge >= 0.3 is 0 Å². The number of nitrogens with zero attached hydrogens (tertiary/aromatic N) is 2. The molecule has 3 heterocycles. The molecule has 0 aliphatic rings. The van der Waals surface area contributed by atoms with Crippen LogP contribution in [-0.4, -0.2) is 9.97 Å². The van der Waals surface area contributed by atoms with E-state index in [9.17, 15) is 0 Å². The van der Waals surface area contributed by atoms with Gasteiger partial charge in [0.05, 0.1) is 11.4 Å². The largest absolute Gasteiger partial charge is 0.456 e. The molecule has 0 fully saturated rings. The second-order valence-electron chi connectivity index (χ2n) is 12.5. The van der Waals surface area contributed by atoms with Crippen LogP contribution >= 0.6 is 0 Å². The summed E-state index contributed by atoms with van der Waals surface area (Å²) < 4.78 is 12.9. The molecule has 0 saturated heterocycles. The monoisotopic (exact) mass is 640 g/mol. The van der Waals surface area contributed by atoms with Crippen molar-refractivity contribution in [3.63, 3.8) is 0 Å². The Kier molecular flexibility index (Phi) is 6.46. The fourth-order valence-electron chi connectivity index (χ4n) is 7.17. The maximum atomic E-state index is 6.72. The summed E-state index contributed by atoms with van der Waals surface area (Å²) in [5.41, 5.74) is 12.4. The van der Waals surface area contributed by atoms with Crippen molar-refractivity contribution >= 4 is 43.9 Å². The fraction of sp³-hybridized carbons (Fsp3) is 0. The second-order valence-corrected chi connectivity index (χ2v) is 12.5. The highest BCUT2D eigenvalue weighted by Crippen LogP contribution is 2.43. The Labute approximate surface area is 287 Å². The Hall–Kier alpha value is -6.78. The molecule has 234 valence electrons. The average molecular weight is 641 g/mol. The van der Waals surface area contributed by atoms with Gasteiger partial charge in [-0.2, -0.15) is 0 Å². The highest BCUT2D eigenvalue weighted by molar-refractivity contribution is 6.17. The van der Waals surface area contributed by atoms with Crippen LogP contribution in [0.3, 0.4) is 0 Å². The van der Waals surface area contributed by atoms with E-state index in [4.69, 9.17) is 18.8 Å². The summed E-state index contributed by atoms with van der Waals surface area (Å²) in [7, 11) is 0. The predicted octanol–water partition coefficient (Wildman–Crippen LogP) is 12.6. The Morgan fingerprint density at radius 3 is 1.74 bits per heavy atom. The van der Waals surface area contributed by atoms with Gasteiger partial charge in [0.15, 0.2) is 5.82 Å². The molecular weight excluding hydrogens is 613 g/mol. The highest BCUT2D eigenvalue weighted by Gasteiger charge is 2.21. The predicted molar refractivity (Wildman–Crippen MR) is 204 cm³/mol. The first-order valence-corrected chi connectivity index (χ1v) is 16.7. The molecule has 0 aliphatic carbocycles. The van der Waals surface area contributed by atoms with Gasteiger partial charge in [-0.25, -0.2) is 9.97 Å². The van der Waals surface area contributed by atoms with Gasteiger partial charge < -0.3 is 8.83 Å². The van der Waals surface area contributed by atoms with Crippen molar-refractivity contribution in [2.45, 2.75) is 0 Å². The van der Waals surface area contributed by atoms with Crippen molar-refractivity contribution < 1.29 is 8.83 Å². The van der Waals surface area contributed by atoms with Crippen LogP contribution in [-0.2, 0) is 0 Å². The molecule has 7 aromatic carbocycles. The van der Waals surface area contributed by atoms with Crippen LogP contribution in [0, 0.1) is 0 Å². The van der Waals surface area contributed by atoms with Gasteiger partial charge in [0.1, 0.15) is 22.3 Å². The number of benzene rings is 7. The standard InChI is InChI=1S/C46H28N2O2/c1-3-13-29(14-4-1)32-17-7-8-19-35(32)46-47-39(30-15-5-2-6-16-30)28-40(48-46)36-25-24-33(45-44(36)37-20-10-12-22-42(37)50-45)31-23-26-43-38(27-31)34-18-9-11-21-41(34)49-43/h1-28H. The number of furan rings is 2. The average Bonchev–Trinajstić information content (AvgIpc) is 3.77. The molecule has 4 heteroatoms. The normalized spacial score (nSPS) is 11.6. The Bertz CT molecular complexity index is 2870. The van der Waals surface area contributed by atoms with Gasteiger partial charge in [-0.3, -0.25) is 0 Å². The molecule has 0 saturated carbocycles. The molecule has 0 unspecified atom stereocenters. The lowest BCUT2D eigenvalue weighted by molar-refractivity contribution is 0.668. The molecular formula is C46H28N2O2. The molecule has 0 N–H and O–H groups in total. The van der Waals surface area contributed by atoms with Crippen molar-refractivity contribution in [2.75, 3.05) is 0 Å². The molecule has 4 nitrogen and oxygen atoms in total. The van der Waals surface area contributed by atoms with Crippen LogP contribution in [0.25, 0.3) is 100 Å². The quantitative estimate of drug-likeness (QED) is 0.188. The number of fused-ring (bicyclic) bond motifs is 6. The molecule has 0 radical (unpaired) electrons. The van der Waals surface area contributed by atoms with E-state index in [1.54, 1.807) is 0 Å². The van der Waals surface area contributed by atoms with E-state index in [1.807, 2.05) is 54.6 Å². The zero-order valence-corrected chi connectivity index (χ0v) is 26.9. The number of aromatic nitrogens is 2. The van der Waals surface area contributed by atoms with E-state index in [0.29, 0.717) is 5.82 Å². The summed E-state index contributed by atoms with van der Waals surface area (Å²) in [6.07, 6.45) is 0. The lowest BCUT2D eigenvalue weighted by Gasteiger charge is -2.14. The maximum Gasteiger partial charge on any atom is 0.161 e. The first-order valence-electron chi connectivity index (χ1n) is 16.7. The van der Waals surface area contributed by atoms with E-state index < -0.39 is 0 Å². The SMILES string of the molecule is c1ccc(-c2cc(-c3ccc(-c4ccc5oc6ccccc6c5c4)c4oc5ccccc5c34)nc(-c3ccccc3-c3ccccc3)n2)cc1. The highest BCUT2D eigenvalue weighted by atomic mass is 16.3. The van der Waals surface area contributed by atoms with Gasteiger partial charge in [0.25, 0.3) is 0 Å². The van der Waals surface area contributed by atoms with Crippen LogP contribution in [0.4, 0.5) is 0 Å². The summed E-state index contributed by atoms with van der Waals surface area (Å²) >= 11 is 0.